The molecule has 0 bridgehead atoms. The van der Waals surface area contributed by atoms with Crippen LogP contribution in [0, 0.1) is 5.92 Å². The fourth-order valence-electron chi connectivity index (χ4n) is 2.53. The van der Waals surface area contributed by atoms with Crippen LogP contribution in [0.2, 0.25) is 0 Å². The van der Waals surface area contributed by atoms with Crippen molar-refractivity contribution in [1.29, 1.82) is 0 Å². The van der Waals surface area contributed by atoms with Crippen LogP contribution in [0.15, 0.2) is 24.3 Å². The first-order valence-electron chi connectivity index (χ1n) is 6.13. The third kappa shape index (κ3) is 2.37. The van der Waals surface area contributed by atoms with Crippen LogP contribution in [-0.4, -0.2) is 34.5 Å². The molecule has 1 fully saturated rings. The van der Waals surface area contributed by atoms with Gasteiger partial charge in [0.25, 0.3) is 5.91 Å². The molecule has 1 saturated heterocycles. The van der Waals surface area contributed by atoms with Crippen LogP contribution in [-0.2, 0) is 0 Å². The Morgan fingerprint density at radius 2 is 1.94 bits per heavy atom. The maximum Gasteiger partial charge on any atom is 0.335 e. The van der Waals surface area contributed by atoms with E-state index in [4.69, 9.17) is 5.11 Å². The molecule has 1 aliphatic heterocycles. The van der Waals surface area contributed by atoms with Gasteiger partial charge in [-0.25, -0.2) is 4.79 Å². The van der Waals surface area contributed by atoms with Crippen molar-refractivity contribution in [2.45, 2.75) is 26.3 Å². The number of aromatic carboxylic acids is 1. The first-order valence-corrected chi connectivity index (χ1v) is 6.13. The Morgan fingerprint density at radius 1 is 1.28 bits per heavy atom. The molecule has 1 amide bonds. The van der Waals surface area contributed by atoms with Crippen molar-refractivity contribution in [2.75, 3.05) is 6.54 Å². The highest BCUT2D eigenvalue weighted by atomic mass is 16.4. The molecule has 2 atom stereocenters. The van der Waals surface area contributed by atoms with Crippen molar-refractivity contribution in [2.24, 2.45) is 5.92 Å². The highest BCUT2D eigenvalue weighted by Crippen LogP contribution is 2.24. The van der Waals surface area contributed by atoms with Gasteiger partial charge in [0.05, 0.1) is 5.56 Å². The molecule has 96 valence electrons. The summed E-state index contributed by atoms with van der Waals surface area (Å²) in [6.07, 6.45) is 1.00. The van der Waals surface area contributed by atoms with Crippen LogP contribution in [0.4, 0.5) is 0 Å². The zero-order valence-electron chi connectivity index (χ0n) is 10.6. The van der Waals surface area contributed by atoms with E-state index in [0.717, 1.165) is 13.0 Å². The normalized spacial score (nSPS) is 23.1. The molecule has 1 aromatic rings. The molecule has 4 heteroatoms. The van der Waals surface area contributed by atoms with E-state index < -0.39 is 5.97 Å². The maximum atomic E-state index is 12.3. The number of hydrogen-bond acceptors (Lipinski definition) is 2. The zero-order valence-corrected chi connectivity index (χ0v) is 10.6. The van der Waals surface area contributed by atoms with Crippen LogP contribution in [0.25, 0.3) is 0 Å². The van der Waals surface area contributed by atoms with Gasteiger partial charge in [0, 0.05) is 18.2 Å². The number of carboxylic acids is 1. The van der Waals surface area contributed by atoms with Crippen LogP contribution >= 0.6 is 0 Å². The fraction of sp³-hybridized carbons (Fsp3) is 0.429. The Labute approximate surface area is 106 Å². The summed E-state index contributed by atoms with van der Waals surface area (Å²) >= 11 is 0. The molecule has 2 rings (SSSR count). The Hall–Kier alpha value is -1.84. The average molecular weight is 247 g/mol. The number of likely N-dealkylation sites (tertiary alicyclic amines) is 1. The van der Waals surface area contributed by atoms with E-state index in [2.05, 4.69) is 6.92 Å². The zero-order chi connectivity index (χ0) is 13.3. The lowest BCUT2D eigenvalue weighted by atomic mass is 10.1. The van der Waals surface area contributed by atoms with Gasteiger partial charge in [0.2, 0.25) is 0 Å². The third-order valence-corrected chi connectivity index (χ3v) is 3.40. The number of rotatable bonds is 2. The monoisotopic (exact) mass is 247 g/mol. The van der Waals surface area contributed by atoms with Gasteiger partial charge in [-0.15, -0.1) is 0 Å². The standard InChI is InChI=1S/C14H17NO3/c1-9-6-10(2)15(8-9)13(16)11-4-3-5-12(7-11)14(17)18/h3-5,7,9-10H,6,8H2,1-2H3,(H,17,18). The first-order chi connectivity index (χ1) is 8.49. The van der Waals surface area contributed by atoms with Gasteiger partial charge in [-0.2, -0.15) is 0 Å². The first kappa shape index (κ1) is 12.6. The molecule has 1 N–H and O–H groups in total. The third-order valence-electron chi connectivity index (χ3n) is 3.40. The van der Waals surface area contributed by atoms with Crippen LogP contribution < -0.4 is 0 Å². The Morgan fingerprint density at radius 3 is 2.50 bits per heavy atom. The quantitative estimate of drug-likeness (QED) is 0.872. The number of hydrogen-bond donors (Lipinski definition) is 1. The van der Waals surface area contributed by atoms with E-state index in [-0.39, 0.29) is 17.5 Å². The van der Waals surface area contributed by atoms with Crippen molar-refractivity contribution >= 4 is 11.9 Å². The Balaban J connectivity index is 2.23. The fourth-order valence-corrected chi connectivity index (χ4v) is 2.53. The number of amides is 1. The van der Waals surface area contributed by atoms with Gasteiger partial charge in [-0.1, -0.05) is 13.0 Å². The summed E-state index contributed by atoms with van der Waals surface area (Å²) in [7, 11) is 0. The van der Waals surface area contributed by atoms with E-state index in [0.29, 0.717) is 11.5 Å². The van der Waals surface area contributed by atoms with E-state index in [1.165, 1.54) is 12.1 Å². The minimum absolute atomic E-state index is 0.0741. The molecule has 2 unspecified atom stereocenters. The van der Waals surface area contributed by atoms with E-state index in [1.807, 2.05) is 11.8 Å². The number of benzene rings is 1. The summed E-state index contributed by atoms with van der Waals surface area (Å²) in [4.78, 5) is 25.0. The molecular weight excluding hydrogens is 230 g/mol. The summed E-state index contributed by atoms with van der Waals surface area (Å²) in [5.74, 6) is -0.575. The molecule has 0 saturated carbocycles. The smallest absolute Gasteiger partial charge is 0.335 e. The van der Waals surface area contributed by atoms with Gasteiger partial charge in [-0.05, 0) is 37.5 Å². The number of nitrogens with zero attached hydrogens (tertiary/aromatic N) is 1. The van der Waals surface area contributed by atoms with Crippen molar-refractivity contribution in [3.8, 4) is 0 Å². The summed E-state index contributed by atoms with van der Waals surface area (Å²) < 4.78 is 0. The van der Waals surface area contributed by atoms with Gasteiger partial charge in [-0.3, -0.25) is 4.79 Å². The molecule has 1 aliphatic rings. The summed E-state index contributed by atoms with van der Waals surface area (Å²) in [6, 6.07) is 6.45. The summed E-state index contributed by atoms with van der Waals surface area (Å²) in [5.41, 5.74) is 0.608. The number of carbonyl (C=O) groups is 2. The second kappa shape index (κ2) is 4.80. The van der Waals surface area contributed by atoms with Crippen molar-refractivity contribution in [3.05, 3.63) is 35.4 Å². The van der Waals surface area contributed by atoms with E-state index in [1.54, 1.807) is 12.1 Å². The highest BCUT2D eigenvalue weighted by molar-refractivity contribution is 5.97. The van der Waals surface area contributed by atoms with E-state index >= 15 is 0 Å². The van der Waals surface area contributed by atoms with Gasteiger partial charge in [0.15, 0.2) is 0 Å². The number of carbonyl (C=O) groups excluding carboxylic acids is 1. The number of carboxylic acid groups (broad SMARTS) is 1. The van der Waals surface area contributed by atoms with Gasteiger partial charge in [0.1, 0.15) is 0 Å². The van der Waals surface area contributed by atoms with Crippen molar-refractivity contribution in [3.63, 3.8) is 0 Å². The van der Waals surface area contributed by atoms with E-state index in [9.17, 15) is 9.59 Å². The van der Waals surface area contributed by atoms with Gasteiger partial charge < -0.3 is 10.0 Å². The molecule has 0 aromatic heterocycles. The molecule has 1 heterocycles. The maximum absolute atomic E-state index is 12.3. The van der Waals surface area contributed by atoms with Crippen molar-refractivity contribution < 1.29 is 14.7 Å². The van der Waals surface area contributed by atoms with Crippen molar-refractivity contribution in [1.82, 2.24) is 4.90 Å². The molecule has 18 heavy (non-hydrogen) atoms. The van der Waals surface area contributed by atoms with Crippen LogP contribution in [0.5, 0.6) is 0 Å². The predicted octanol–water partition coefficient (Wildman–Crippen LogP) is 2.26. The molecular formula is C14H17NO3. The van der Waals surface area contributed by atoms with Gasteiger partial charge >= 0.3 is 5.97 Å². The largest absolute Gasteiger partial charge is 0.478 e. The second-order valence-corrected chi connectivity index (χ2v) is 5.03. The molecule has 1 aromatic carbocycles. The minimum atomic E-state index is -1.01. The second-order valence-electron chi connectivity index (χ2n) is 5.03. The SMILES string of the molecule is CC1CC(C)N(C(=O)c2cccc(C(=O)O)c2)C1. The predicted molar refractivity (Wildman–Crippen MR) is 67.7 cm³/mol. The Bertz CT molecular complexity index is 484. The molecule has 0 spiro atoms. The molecule has 0 aliphatic carbocycles. The topological polar surface area (TPSA) is 57.6 Å². The lowest BCUT2D eigenvalue weighted by Crippen LogP contribution is -2.34. The van der Waals surface area contributed by atoms with Crippen LogP contribution in [0.1, 0.15) is 41.0 Å². The molecule has 0 radical (unpaired) electrons. The highest BCUT2D eigenvalue weighted by Gasteiger charge is 2.30. The summed E-state index contributed by atoms with van der Waals surface area (Å²) in [6.45, 7) is 4.90. The van der Waals surface area contributed by atoms with Crippen LogP contribution in [0.3, 0.4) is 0 Å². The average Bonchev–Trinajstić information content (AvgIpc) is 2.67. The lowest BCUT2D eigenvalue weighted by Gasteiger charge is -2.21. The summed E-state index contributed by atoms with van der Waals surface area (Å²) in [5, 5.41) is 8.93. The minimum Gasteiger partial charge on any atom is -0.478 e. The Kier molecular flexibility index (Phi) is 3.36. The molecule has 4 nitrogen and oxygen atoms in total. The lowest BCUT2D eigenvalue weighted by molar-refractivity contribution is 0.0697.